The van der Waals surface area contributed by atoms with Crippen molar-refractivity contribution in [2.24, 2.45) is 0 Å². The van der Waals surface area contributed by atoms with Gasteiger partial charge in [0.1, 0.15) is 0 Å². The highest BCUT2D eigenvalue weighted by molar-refractivity contribution is 14.1. The van der Waals surface area contributed by atoms with E-state index >= 15 is 0 Å². The predicted molar refractivity (Wildman–Crippen MR) is 71.8 cm³/mol. The largest absolute Gasteiger partial charge is 0.298 e. The standard InChI is InChI=1S/C10H10IN3OS/c1-7-9(16-6-13-7)2-3-14-5-12-4-8(11)10(14)15/h4-6H,2-3H2,1H3. The van der Waals surface area contributed by atoms with Gasteiger partial charge in [0.15, 0.2) is 0 Å². The molecule has 0 aromatic carbocycles. The fraction of sp³-hybridized carbons (Fsp3) is 0.300. The summed E-state index contributed by atoms with van der Waals surface area (Å²) >= 11 is 3.63. The first-order valence-electron chi connectivity index (χ1n) is 4.77. The molecule has 0 aliphatic rings. The van der Waals surface area contributed by atoms with Gasteiger partial charge in [-0.2, -0.15) is 0 Å². The Balaban J connectivity index is 2.14. The highest BCUT2D eigenvalue weighted by atomic mass is 127. The van der Waals surface area contributed by atoms with Crippen LogP contribution in [0.5, 0.6) is 0 Å². The molecule has 2 aromatic rings. The second kappa shape index (κ2) is 5.05. The number of rotatable bonds is 3. The zero-order valence-electron chi connectivity index (χ0n) is 8.68. The maximum Gasteiger partial charge on any atom is 0.266 e. The Hall–Kier alpha value is -0.760. The molecule has 0 radical (unpaired) electrons. The molecule has 0 atom stereocenters. The van der Waals surface area contributed by atoms with E-state index in [-0.39, 0.29) is 5.56 Å². The molecule has 16 heavy (non-hydrogen) atoms. The van der Waals surface area contributed by atoms with Crippen molar-refractivity contribution in [3.8, 4) is 0 Å². The third-order valence-electron chi connectivity index (χ3n) is 2.28. The van der Waals surface area contributed by atoms with Crippen molar-refractivity contribution in [2.45, 2.75) is 19.9 Å². The van der Waals surface area contributed by atoms with Crippen LogP contribution >= 0.6 is 33.9 Å². The molecule has 0 bridgehead atoms. The average molecular weight is 347 g/mol. The van der Waals surface area contributed by atoms with E-state index < -0.39 is 0 Å². The van der Waals surface area contributed by atoms with Crippen LogP contribution in [0.4, 0.5) is 0 Å². The van der Waals surface area contributed by atoms with Crippen molar-refractivity contribution in [2.75, 3.05) is 0 Å². The molecule has 0 aliphatic carbocycles. The number of nitrogens with zero attached hydrogens (tertiary/aromatic N) is 3. The van der Waals surface area contributed by atoms with Gasteiger partial charge in [-0.15, -0.1) is 11.3 Å². The minimum atomic E-state index is 0.0257. The summed E-state index contributed by atoms with van der Waals surface area (Å²) in [6, 6.07) is 0. The minimum Gasteiger partial charge on any atom is -0.298 e. The first-order chi connectivity index (χ1) is 7.68. The summed E-state index contributed by atoms with van der Waals surface area (Å²) in [6.07, 6.45) is 4.00. The normalized spacial score (nSPS) is 10.6. The molecule has 2 rings (SSSR count). The van der Waals surface area contributed by atoms with Gasteiger partial charge in [-0.1, -0.05) is 0 Å². The van der Waals surface area contributed by atoms with Crippen LogP contribution in [-0.4, -0.2) is 14.5 Å². The van der Waals surface area contributed by atoms with Crippen molar-refractivity contribution < 1.29 is 0 Å². The van der Waals surface area contributed by atoms with Crippen LogP contribution in [0.3, 0.4) is 0 Å². The smallest absolute Gasteiger partial charge is 0.266 e. The van der Waals surface area contributed by atoms with Crippen LogP contribution in [0.1, 0.15) is 10.6 Å². The van der Waals surface area contributed by atoms with Crippen molar-refractivity contribution in [3.63, 3.8) is 0 Å². The molecular weight excluding hydrogens is 337 g/mol. The monoisotopic (exact) mass is 347 g/mol. The summed E-state index contributed by atoms with van der Waals surface area (Å²) in [4.78, 5) is 21.1. The first kappa shape index (κ1) is 11.7. The summed E-state index contributed by atoms with van der Waals surface area (Å²) in [5, 5.41) is 0. The molecule has 0 aliphatic heterocycles. The highest BCUT2D eigenvalue weighted by Crippen LogP contribution is 2.13. The lowest BCUT2D eigenvalue weighted by Crippen LogP contribution is -2.23. The molecule has 0 amide bonds. The van der Waals surface area contributed by atoms with E-state index in [1.54, 1.807) is 28.4 Å². The molecule has 4 nitrogen and oxygen atoms in total. The third-order valence-corrected chi connectivity index (χ3v) is 4.02. The minimum absolute atomic E-state index is 0.0257. The Morgan fingerprint density at radius 1 is 1.56 bits per heavy atom. The van der Waals surface area contributed by atoms with Crippen LogP contribution < -0.4 is 5.56 Å². The van der Waals surface area contributed by atoms with E-state index in [4.69, 9.17) is 0 Å². The lowest BCUT2D eigenvalue weighted by atomic mass is 10.3. The Morgan fingerprint density at radius 3 is 3.06 bits per heavy atom. The van der Waals surface area contributed by atoms with E-state index in [1.807, 2.05) is 35.0 Å². The van der Waals surface area contributed by atoms with E-state index in [9.17, 15) is 4.79 Å². The maximum atomic E-state index is 11.7. The van der Waals surface area contributed by atoms with Gasteiger partial charge in [-0.3, -0.25) is 9.36 Å². The molecule has 2 heterocycles. The van der Waals surface area contributed by atoms with Gasteiger partial charge in [0, 0.05) is 24.0 Å². The summed E-state index contributed by atoms with van der Waals surface area (Å²) in [6.45, 7) is 2.65. The summed E-state index contributed by atoms with van der Waals surface area (Å²) < 4.78 is 2.29. The Morgan fingerprint density at radius 2 is 2.38 bits per heavy atom. The van der Waals surface area contributed by atoms with Crippen molar-refractivity contribution in [1.29, 1.82) is 0 Å². The van der Waals surface area contributed by atoms with Crippen LogP contribution in [0.25, 0.3) is 0 Å². The zero-order valence-corrected chi connectivity index (χ0v) is 11.7. The lowest BCUT2D eigenvalue weighted by molar-refractivity contribution is 0.653. The molecule has 0 saturated heterocycles. The second-order valence-electron chi connectivity index (χ2n) is 3.35. The van der Waals surface area contributed by atoms with Gasteiger partial charge in [-0.25, -0.2) is 9.97 Å². The molecule has 2 aromatic heterocycles. The van der Waals surface area contributed by atoms with Crippen LogP contribution in [0.2, 0.25) is 0 Å². The first-order valence-corrected chi connectivity index (χ1v) is 6.73. The van der Waals surface area contributed by atoms with Gasteiger partial charge in [0.05, 0.1) is 21.1 Å². The van der Waals surface area contributed by atoms with E-state index in [0.29, 0.717) is 10.1 Å². The van der Waals surface area contributed by atoms with Crippen LogP contribution in [-0.2, 0) is 13.0 Å². The van der Waals surface area contributed by atoms with Crippen LogP contribution in [0.15, 0.2) is 22.8 Å². The quantitative estimate of drug-likeness (QED) is 0.797. The van der Waals surface area contributed by atoms with Gasteiger partial charge in [0.2, 0.25) is 0 Å². The zero-order chi connectivity index (χ0) is 11.5. The molecule has 84 valence electrons. The maximum absolute atomic E-state index is 11.7. The Labute approximate surface area is 111 Å². The summed E-state index contributed by atoms with van der Waals surface area (Å²) in [5.41, 5.74) is 2.91. The Kier molecular flexibility index (Phi) is 3.70. The molecule has 0 spiro atoms. The lowest BCUT2D eigenvalue weighted by Gasteiger charge is -2.04. The topological polar surface area (TPSA) is 47.8 Å². The fourth-order valence-electron chi connectivity index (χ4n) is 1.37. The fourth-order valence-corrected chi connectivity index (χ4v) is 2.61. The molecule has 0 saturated carbocycles. The average Bonchev–Trinajstić information content (AvgIpc) is 2.67. The van der Waals surface area contributed by atoms with Gasteiger partial charge in [0.25, 0.3) is 5.56 Å². The van der Waals surface area contributed by atoms with Crippen molar-refractivity contribution >= 4 is 33.9 Å². The number of hydrogen-bond donors (Lipinski definition) is 0. The summed E-state index contributed by atoms with van der Waals surface area (Å²) in [7, 11) is 0. The van der Waals surface area contributed by atoms with Gasteiger partial charge >= 0.3 is 0 Å². The number of thiazole rings is 1. The van der Waals surface area contributed by atoms with Gasteiger partial charge in [-0.05, 0) is 29.5 Å². The van der Waals surface area contributed by atoms with Gasteiger partial charge < -0.3 is 0 Å². The predicted octanol–water partition coefficient (Wildman–Crippen LogP) is 1.86. The third kappa shape index (κ3) is 2.49. The molecular formula is C10H10IN3OS. The molecule has 0 fully saturated rings. The SMILES string of the molecule is Cc1ncsc1CCn1cncc(I)c1=O. The van der Waals surface area contributed by atoms with Crippen molar-refractivity contribution in [3.05, 3.63) is 42.5 Å². The van der Waals surface area contributed by atoms with Crippen molar-refractivity contribution in [1.82, 2.24) is 14.5 Å². The molecule has 6 heteroatoms. The number of aromatic nitrogens is 3. The summed E-state index contributed by atoms with van der Waals surface area (Å²) in [5.74, 6) is 0. The number of halogens is 1. The molecule has 0 unspecified atom stereocenters. The molecule has 0 N–H and O–H groups in total. The van der Waals surface area contributed by atoms with E-state index in [1.165, 1.54) is 4.88 Å². The highest BCUT2D eigenvalue weighted by Gasteiger charge is 2.04. The van der Waals surface area contributed by atoms with Crippen LogP contribution in [0, 0.1) is 10.5 Å². The van der Waals surface area contributed by atoms with E-state index in [0.717, 1.165) is 12.1 Å². The number of hydrogen-bond acceptors (Lipinski definition) is 4. The Bertz CT molecular complexity index is 549. The van der Waals surface area contributed by atoms with E-state index in [2.05, 4.69) is 9.97 Å². The second-order valence-corrected chi connectivity index (χ2v) is 5.45. The number of aryl methyl sites for hydroxylation is 3.